The first-order chi connectivity index (χ1) is 9.95. The molecule has 1 aromatic heterocycles. The van der Waals surface area contributed by atoms with E-state index in [2.05, 4.69) is 26.2 Å². The summed E-state index contributed by atoms with van der Waals surface area (Å²) in [5.74, 6) is 0.300. The molecule has 2 rings (SSSR count). The van der Waals surface area contributed by atoms with Crippen molar-refractivity contribution >= 4 is 39.1 Å². The van der Waals surface area contributed by atoms with Crippen molar-refractivity contribution < 1.29 is 9.53 Å². The summed E-state index contributed by atoms with van der Waals surface area (Å²) in [6.45, 7) is 3.58. The zero-order valence-corrected chi connectivity index (χ0v) is 13.9. The van der Waals surface area contributed by atoms with Crippen molar-refractivity contribution in [3.63, 3.8) is 0 Å². The van der Waals surface area contributed by atoms with Crippen LogP contribution >= 0.6 is 27.5 Å². The minimum absolute atomic E-state index is 0.251. The van der Waals surface area contributed by atoms with Crippen LogP contribution in [0.2, 0.25) is 5.02 Å². The maximum Gasteiger partial charge on any atom is 0.265 e. The van der Waals surface area contributed by atoms with Crippen LogP contribution in [0.5, 0.6) is 5.75 Å². The maximum absolute atomic E-state index is 12.1. The molecule has 1 amide bonds. The predicted molar refractivity (Wildman–Crippen MR) is 86.8 cm³/mol. The van der Waals surface area contributed by atoms with Crippen molar-refractivity contribution in [3.8, 4) is 5.75 Å². The third kappa shape index (κ3) is 4.44. The van der Waals surface area contributed by atoms with Crippen LogP contribution in [0.4, 0.5) is 5.69 Å². The van der Waals surface area contributed by atoms with E-state index in [1.165, 1.54) is 0 Å². The monoisotopic (exact) mass is 368 g/mol. The fourth-order valence-electron chi connectivity index (χ4n) is 1.67. The van der Waals surface area contributed by atoms with Gasteiger partial charge in [0.05, 0.1) is 11.9 Å². The maximum atomic E-state index is 12.1. The fraction of sp³-hybridized carbons (Fsp3) is 0.200. The molecule has 21 heavy (non-hydrogen) atoms. The number of rotatable bonds is 4. The Balaban J connectivity index is 2.00. The minimum atomic E-state index is -0.646. The Labute approximate surface area is 136 Å². The quantitative estimate of drug-likeness (QED) is 0.821. The third-order valence-corrected chi connectivity index (χ3v) is 3.83. The molecule has 0 radical (unpaired) electrons. The van der Waals surface area contributed by atoms with Gasteiger partial charge in [0.1, 0.15) is 10.4 Å². The summed E-state index contributed by atoms with van der Waals surface area (Å²) in [5, 5.41) is 3.33. The van der Waals surface area contributed by atoms with Gasteiger partial charge < -0.3 is 10.1 Å². The molecule has 0 spiro atoms. The lowest BCUT2D eigenvalue weighted by Gasteiger charge is -2.15. The normalized spacial score (nSPS) is 11.8. The molecule has 1 N–H and O–H groups in total. The number of halogens is 2. The number of hydrogen-bond acceptors (Lipinski definition) is 3. The van der Waals surface area contributed by atoms with Crippen LogP contribution in [0.25, 0.3) is 0 Å². The fourth-order valence-corrected chi connectivity index (χ4v) is 2.07. The molecule has 1 unspecified atom stereocenters. The van der Waals surface area contributed by atoms with Gasteiger partial charge in [-0.2, -0.15) is 0 Å². The molecule has 110 valence electrons. The van der Waals surface area contributed by atoms with Gasteiger partial charge in [-0.15, -0.1) is 0 Å². The van der Waals surface area contributed by atoms with Crippen molar-refractivity contribution in [2.24, 2.45) is 0 Å². The van der Waals surface area contributed by atoms with Gasteiger partial charge >= 0.3 is 0 Å². The number of aryl methyl sites for hydroxylation is 1. The van der Waals surface area contributed by atoms with Crippen molar-refractivity contribution in [1.82, 2.24) is 4.98 Å². The van der Waals surface area contributed by atoms with E-state index in [0.29, 0.717) is 16.5 Å². The molecule has 2 aromatic rings. The highest BCUT2D eigenvalue weighted by Crippen LogP contribution is 2.20. The van der Waals surface area contributed by atoms with Gasteiger partial charge in [-0.25, -0.2) is 4.98 Å². The third-order valence-electron chi connectivity index (χ3n) is 2.76. The van der Waals surface area contributed by atoms with Gasteiger partial charge in [-0.05, 0) is 59.6 Å². The van der Waals surface area contributed by atoms with Crippen LogP contribution in [0.1, 0.15) is 12.5 Å². The summed E-state index contributed by atoms with van der Waals surface area (Å²) in [6.07, 6.45) is 0.939. The lowest BCUT2D eigenvalue weighted by molar-refractivity contribution is -0.122. The molecule has 1 atom stereocenters. The molecule has 0 saturated heterocycles. The number of carbonyl (C=O) groups is 1. The van der Waals surface area contributed by atoms with E-state index in [9.17, 15) is 4.79 Å². The van der Waals surface area contributed by atoms with Crippen LogP contribution in [-0.2, 0) is 4.79 Å². The lowest BCUT2D eigenvalue weighted by atomic mass is 10.3. The number of benzene rings is 1. The van der Waals surface area contributed by atoms with Crippen LogP contribution in [-0.4, -0.2) is 17.0 Å². The molecule has 4 nitrogen and oxygen atoms in total. The molecule has 1 heterocycles. The van der Waals surface area contributed by atoms with E-state index in [4.69, 9.17) is 16.3 Å². The van der Waals surface area contributed by atoms with E-state index in [0.717, 1.165) is 10.2 Å². The summed E-state index contributed by atoms with van der Waals surface area (Å²) in [6, 6.07) is 8.76. The number of ether oxygens (including phenoxy) is 1. The van der Waals surface area contributed by atoms with Gasteiger partial charge in [0.2, 0.25) is 0 Å². The highest BCUT2D eigenvalue weighted by atomic mass is 79.9. The van der Waals surface area contributed by atoms with Crippen LogP contribution in [0.3, 0.4) is 0 Å². The molecule has 0 saturated carbocycles. The summed E-state index contributed by atoms with van der Waals surface area (Å²) >= 11 is 9.19. The smallest absolute Gasteiger partial charge is 0.265 e. The summed E-state index contributed by atoms with van der Waals surface area (Å²) < 4.78 is 6.31. The standard InChI is InChI=1S/C15H14BrClN2O2/c1-9-6-12(8-18-14(9)16)19-15(20)10(2)21-13-5-3-4-11(17)7-13/h3-8,10H,1-2H3,(H,19,20). The number of amides is 1. The van der Waals surface area contributed by atoms with Gasteiger partial charge in [0.15, 0.2) is 6.10 Å². The van der Waals surface area contributed by atoms with Crippen LogP contribution in [0.15, 0.2) is 41.1 Å². The predicted octanol–water partition coefficient (Wildman–Crippen LogP) is 4.21. The minimum Gasteiger partial charge on any atom is -0.481 e. The average molecular weight is 370 g/mol. The number of anilines is 1. The Kier molecular flexibility index (Phi) is 5.20. The number of hydrogen-bond donors (Lipinski definition) is 1. The Morgan fingerprint density at radius 3 is 2.86 bits per heavy atom. The molecule has 0 bridgehead atoms. The van der Waals surface area contributed by atoms with E-state index < -0.39 is 6.10 Å². The number of aromatic nitrogens is 1. The Hall–Kier alpha value is -1.59. The average Bonchev–Trinajstić information content (AvgIpc) is 2.43. The van der Waals surface area contributed by atoms with E-state index in [1.54, 1.807) is 37.4 Å². The first-order valence-electron chi connectivity index (χ1n) is 6.31. The Bertz CT molecular complexity index is 664. The Morgan fingerprint density at radius 2 is 2.19 bits per heavy atom. The second-order valence-electron chi connectivity index (χ2n) is 4.54. The molecule has 0 aliphatic heterocycles. The first-order valence-corrected chi connectivity index (χ1v) is 7.48. The second-order valence-corrected chi connectivity index (χ2v) is 5.73. The number of carbonyl (C=O) groups excluding carboxylic acids is 1. The highest BCUT2D eigenvalue weighted by molar-refractivity contribution is 9.10. The first kappa shape index (κ1) is 15.8. The van der Waals surface area contributed by atoms with Gasteiger partial charge in [-0.3, -0.25) is 4.79 Å². The molecule has 1 aromatic carbocycles. The Morgan fingerprint density at radius 1 is 1.43 bits per heavy atom. The van der Waals surface area contributed by atoms with Gasteiger partial charge in [0.25, 0.3) is 5.91 Å². The van der Waals surface area contributed by atoms with Crippen LogP contribution < -0.4 is 10.1 Å². The number of nitrogens with one attached hydrogen (secondary N) is 1. The molecule has 0 aliphatic rings. The second kappa shape index (κ2) is 6.91. The van der Waals surface area contributed by atoms with E-state index in [1.807, 2.05) is 13.0 Å². The largest absolute Gasteiger partial charge is 0.481 e. The van der Waals surface area contributed by atoms with E-state index >= 15 is 0 Å². The van der Waals surface area contributed by atoms with Crippen molar-refractivity contribution in [2.75, 3.05) is 5.32 Å². The molecule has 6 heteroatoms. The lowest BCUT2D eigenvalue weighted by Crippen LogP contribution is -2.30. The molecule has 0 aliphatic carbocycles. The van der Waals surface area contributed by atoms with Crippen molar-refractivity contribution in [1.29, 1.82) is 0 Å². The summed E-state index contributed by atoms with van der Waals surface area (Å²) in [4.78, 5) is 16.2. The van der Waals surface area contributed by atoms with Crippen molar-refractivity contribution in [2.45, 2.75) is 20.0 Å². The van der Waals surface area contributed by atoms with Crippen LogP contribution in [0, 0.1) is 6.92 Å². The topological polar surface area (TPSA) is 51.2 Å². The van der Waals surface area contributed by atoms with Gasteiger partial charge in [-0.1, -0.05) is 17.7 Å². The molecular weight excluding hydrogens is 356 g/mol. The molecule has 0 fully saturated rings. The van der Waals surface area contributed by atoms with Gasteiger partial charge in [0, 0.05) is 5.02 Å². The number of nitrogens with zero attached hydrogens (tertiary/aromatic N) is 1. The highest BCUT2D eigenvalue weighted by Gasteiger charge is 2.15. The molecular formula is C15H14BrClN2O2. The number of pyridine rings is 1. The zero-order chi connectivity index (χ0) is 15.4. The van der Waals surface area contributed by atoms with E-state index in [-0.39, 0.29) is 5.91 Å². The zero-order valence-electron chi connectivity index (χ0n) is 11.6. The SMILES string of the molecule is Cc1cc(NC(=O)C(C)Oc2cccc(Cl)c2)cnc1Br. The summed E-state index contributed by atoms with van der Waals surface area (Å²) in [5.41, 5.74) is 1.57. The van der Waals surface area contributed by atoms with Crippen molar-refractivity contribution in [3.05, 3.63) is 51.7 Å². The summed E-state index contributed by atoms with van der Waals surface area (Å²) in [7, 11) is 0.